The Bertz CT molecular complexity index is 932. The Morgan fingerprint density at radius 3 is 2.96 bits per heavy atom. The number of aryl methyl sites for hydroxylation is 1. The highest BCUT2D eigenvalue weighted by atomic mass is 35.5. The summed E-state index contributed by atoms with van der Waals surface area (Å²) in [5, 5.41) is 7.28. The van der Waals surface area contributed by atoms with Crippen molar-refractivity contribution in [1.82, 2.24) is 20.0 Å². The van der Waals surface area contributed by atoms with E-state index < -0.39 is 0 Å². The van der Waals surface area contributed by atoms with Gasteiger partial charge in [-0.3, -0.25) is 14.2 Å². The minimum atomic E-state index is -0.360. The van der Waals surface area contributed by atoms with Crippen LogP contribution in [0.15, 0.2) is 39.9 Å². The highest BCUT2D eigenvalue weighted by Crippen LogP contribution is 2.14. The highest BCUT2D eigenvalue weighted by Gasteiger charge is 2.13. The van der Waals surface area contributed by atoms with Crippen LogP contribution in [0.1, 0.15) is 11.3 Å². The summed E-state index contributed by atoms with van der Waals surface area (Å²) >= 11 is 6.03. The SMILES string of the molecule is Cc1noc2ncn(CC(=O)NCc3ccccc3Cl)c(=O)c12. The van der Waals surface area contributed by atoms with E-state index in [2.05, 4.69) is 15.5 Å². The van der Waals surface area contributed by atoms with Crippen molar-refractivity contribution in [2.75, 3.05) is 0 Å². The third kappa shape index (κ3) is 3.09. The monoisotopic (exact) mass is 332 g/mol. The third-order valence-corrected chi connectivity index (χ3v) is 3.75. The van der Waals surface area contributed by atoms with Crippen LogP contribution in [-0.2, 0) is 17.9 Å². The molecule has 1 aromatic carbocycles. The molecule has 0 saturated carbocycles. The van der Waals surface area contributed by atoms with Crippen molar-refractivity contribution in [1.29, 1.82) is 0 Å². The average molecular weight is 333 g/mol. The number of nitrogens with one attached hydrogen (secondary N) is 1. The molecule has 1 N–H and O–H groups in total. The first kappa shape index (κ1) is 15.2. The van der Waals surface area contributed by atoms with Crippen LogP contribution < -0.4 is 10.9 Å². The molecule has 0 unspecified atom stereocenters. The third-order valence-electron chi connectivity index (χ3n) is 3.38. The lowest BCUT2D eigenvalue weighted by Gasteiger charge is -2.08. The van der Waals surface area contributed by atoms with E-state index in [1.807, 2.05) is 18.2 Å². The molecule has 0 fully saturated rings. The molecule has 3 rings (SSSR count). The van der Waals surface area contributed by atoms with Crippen LogP contribution in [0.5, 0.6) is 0 Å². The molecule has 0 atom stereocenters. The van der Waals surface area contributed by atoms with Crippen LogP contribution in [0.3, 0.4) is 0 Å². The van der Waals surface area contributed by atoms with E-state index in [9.17, 15) is 9.59 Å². The molecule has 1 amide bonds. The Labute approximate surface area is 135 Å². The zero-order chi connectivity index (χ0) is 16.4. The molecule has 0 aliphatic carbocycles. The Morgan fingerprint density at radius 1 is 1.39 bits per heavy atom. The van der Waals surface area contributed by atoms with Gasteiger partial charge in [-0.2, -0.15) is 0 Å². The second-order valence-corrected chi connectivity index (χ2v) is 5.40. The van der Waals surface area contributed by atoms with E-state index in [1.54, 1.807) is 13.0 Å². The lowest BCUT2D eigenvalue weighted by molar-refractivity contribution is -0.121. The fourth-order valence-corrected chi connectivity index (χ4v) is 2.37. The van der Waals surface area contributed by atoms with E-state index in [0.29, 0.717) is 10.7 Å². The molecule has 118 valence electrons. The van der Waals surface area contributed by atoms with Crippen molar-refractivity contribution < 1.29 is 9.32 Å². The number of carbonyl (C=O) groups is 1. The van der Waals surface area contributed by atoms with Gasteiger partial charge in [-0.05, 0) is 18.6 Å². The van der Waals surface area contributed by atoms with Crippen LogP contribution in [-0.4, -0.2) is 20.6 Å². The van der Waals surface area contributed by atoms with Crippen LogP contribution in [0, 0.1) is 6.92 Å². The van der Waals surface area contributed by atoms with Gasteiger partial charge in [0.05, 0.1) is 5.69 Å². The van der Waals surface area contributed by atoms with Crippen molar-refractivity contribution >= 4 is 28.6 Å². The summed E-state index contributed by atoms with van der Waals surface area (Å²) in [5.41, 5.74) is 1.06. The lowest BCUT2D eigenvalue weighted by Crippen LogP contribution is -2.32. The van der Waals surface area contributed by atoms with Gasteiger partial charge in [-0.15, -0.1) is 0 Å². The van der Waals surface area contributed by atoms with Gasteiger partial charge in [0.25, 0.3) is 11.3 Å². The number of halogens is 1. The molecule has 2 aromatic heterocycles. The number of nitrogens with zero attached hydrogens (tertiary/aromatic N) is 3. The van der Waals surface area contributed by atoms with Crippen molar-refractivity contribution in [3.63, 3.8) is 0 Å². The maximum absolute atomic E-state index is 12.3. The van der Waals surface area contributed by atoms with E-state index in [0.717, 1.165) is 5.56 Å². The lowest BCUT2D eigenvalue weighted by atomic mass is 10.2. The quantitative estimate of drug-likeness (QED) is 0.784. The zero-order valence-electron chi connectivity index (χ0n) is 12.2. The molecule has 0 aliphatic rings. The molecule has 7 nitrogen and oxygen atoms in total. The van der Waals surface area contributed by atoms with Gasteiger partial charge in [0, 0.05) is 11.6 Å². The topological polar surface area (TPSA) is 90.0 Å². The predicted molar refractivity (Wildman–Crippen MR) is 84.1 cm³/mol. The molecule has 0 radical (unpaired) electrons. The molecule has 0 bridgehead atoms. The van der Waals surface area contributed by atoms with Crippen molar-refractivity contribution in [2.45, 2.75) is 20.0 Å². The first-order valence-electron chi connectivity index (χ1n) is 6.88. The summed E-state index contributed by atoms with van der Waals surface area (Å²) in [7, 11) is 0. The highest BCUT2D eigenvalue weighted by molar-refractivity contribution is 6.31. The summed E-state index contributed by atoms with van der Waals surface area (Å²) in [6, 6.07) is 7.22. The van der Waals surface area contributed by atoms with Crippen molar-refractivity contribution in [3.05, 3.63) is 57.2 Å². The largest absolute Gasteiger partial charge is 0.350 e. The van der Waals surface area contributed by atoms with Gasteiger partial charge in [-0.25, -0.2) is 4.98 Å². The van der Waals surface area contributed by atoms with E-state index in [4.69, 9.17) is 16.1 Å². The summed E-state index contributed by atoms with van der Waals surface area (Å²) < 4.78 is 6.14. The van der Waals surface area contributed by atoms with Crippen LogP contribution in [0.4, 0.5) is 0 Å². The number of fused-ring (bicyclic) bond motifs is 1. The molecule has 0 saturated heterocycles. The molecule has 2 heterocycles. The van der Waals surface area contributed by atoms with Crippen LogP contribution >= 0.6 is 11.6 Å². The fraction of sp³-hybridized carbons (Fsp3) is 0.200. The summed E-state index contributed by atoms with van der Waals surface area (Å²) in [6.07, 6.45) is 1.27. The van der Waals surface area contributed by atoms with E-state index in [-0.39, 0.29) is 35.7 Å². The molecule has 3 aromatic rings. The van der Waals surface area contributed by atoms with Crippen LogP contribution in [0.2, 0.25) is 5.02 Å². The maximum atomic E-state index is 12.3. The second kappa shape index (κ2) is 6.21. The van der Waals surface area contributed by atoms with Gasteiger partial charge in [0.1, 0.15) is 18.3 Å². The van der Waals surface area contributed by atoms with Gasteiger partial charge in [0.15, 0.2) is 0 Å². The first-order valence-corrected chi connectivity index (χ1v) is 7.25. The number of rotatable bonds is 4. The minimum Gasteiger partial charge on any atom is -0.350 e. The Kier molecular flexibility index (Phi) is 4.12. The Hall–Kier alpha value is -2.67. The number of hydrogen-bond donors (Lipinski definition) is 1. The number of aromatic nitrogens is 3. The smallest absolute Gasteiger partial charge is 0.267 e. The van der Waals surface area contributed by atoms with Crippen molar-refractivity contribution in [2.24, 2.45) is 0 Å². The number of benzene rings is 1. The number of carbonyl (C=O) groups excluding carboxylic acids is 1. The van der Waals surface area contributed by atoms with Crippen molar-refractivity contribution in [3.8, 4) is 0 Å². The summed E-state index contributed by atoms with van der Waals surface area (Å²) in [6.45, 7) is 1.79. The van der Waals surface area contributed by atoms with E-state index in [1.165, 1.54) is 10.9 Å². The molecule has 0 spiro atoms. The summed E-state index contributed by atoms with van der Waals surface area (Å²) in [5.74, 6) is -0.317. The maximum Gasteiger partial charge on any atom is 0.267 e. The normalized spacial score (nSPS) is 10.9. The zero-order valence-corrected chi connectivity index (χ0v) is 13.0. The average Bonchev–Trinajstić information content (AvgIpc) is 2.91. The minimum absolute atomic E-state index is 0.142. The standard InChI is InChI=1S/C15H13ClN4O3/c1-9-13-14(23-19-9)18-8-20(15(13)22)7-12(21)17-6-10-4-2-3-5-11(10)16/h2-5,8H,6-7H2,1H3,(H,17,21). The molecule has 0 aliphatic heterocycles. The predicted octanol–water partition coefficient (Wildman–Crippen LogP) is 1.66. The molecule has 8 heteroatoms. The van der Waals surface area contributed by atoms with Gasteiger partial charge < -0.3 is 9.84 Å². The Morgan fingerprint density at radius 2 is 2.17 bits per heavy atom. The first-order chi connectivity index (χ1) is 11.1. The van der Waals surface area contributed by atoms with Gasteiger partial charge >= 0.3 is 0 Å². The molecular formula is C15H13ClN4O3. The second-order valence-electron chi connectivity index (χ2n) is 4.99. The number of hydrogen-bond acceptors (Lipinski definition) is 5. The van der Waals surface area contributed by atoms with Gasteiger partial charge in [0.2, 0.25) is 5.91 Å². The molecule has 23 heavy (non-hydrogen) atoms. The molecular weight excluding hydrogens is 320 g/mol. The van der Waals surface area contributed by atoms with Gasteiger partial charge in [-0.1, -0.05) is 35.0 Å². The Balaban J connectivity index is 1.73. The summed E-state index contributed by atoms with van der Waals surface area (Å²) in [4.78, 5) is 28.3. The van der Waals surface area contributed by atoms with E-state index >= 15 is 0 Å². The fourth-order valence-electron chi connectivity index (χ4n) is 2.17. The number of amides is 1. The van der Waals surface area contributed by atoms with Crippen LogP contribution in [0.25, 0.3) is 11.1 Å².